The highest BCUT2D eigenvalue weighted by Crippen LogP contribution is 2.63. The molecule has 0 saturated carbocycles. The van der Waals surface area contributed by atoms with E-state index >= 15 is 0 Å². The molecule has 0 aliphatic heterocycles. The fraction of sp³-hybridized carbons (Fsp3) is 0.104. The Bertz CT molecular complexity index is 4450. The van der Waals surface area contributed by atoms with Gasteiger partial charge < -0.3 is 4.90 Å². The molecule has 0 fully saturated rings. The highest BCUT2D eigenvalue weighted by Gasteiger charge is 2.52. The van der Waals surface area contributed by atoms with Crippen LogP contribution < -0.4 is 24.4 Å². The van der Waals surface area contributed by atoms with Crippen molar-refractivity contribution in [1.29, 1.82) is 0 Å². The summed E-state index contributed by atoms with van der Waals surface area (Å²) < 4.78 is 5.20. The number of rotatable bonds is 4. The van der Waals surface area contributed by atoms with E-state index in [1.807, 2.05) is 22.7 Å². The first-order valence-electron chi connectivity index (χ1n) is 24.5. The third-order valence-corrected chi connectivity index (χ3v) is 18.0. The van der Waals surface area contributed by atoms with Crippen LogP contribution >= 0.6 is 22.7 Å². The van der Waals surface area contributed by atoms with Gasteiger partial charge in [0.05, 0.1) is 22.0 Å². The van der Waals surface area contributed by atoms with Gasteiger partial charge in [-0.25, -0.2) is 0 Å². The van der Waals surface area contributed by atoms with Crippen LogP contribution in [0.4, 0.5) is 11.4 Å². The van der Waals surface area contributed by atoms with Crippen LogP contribution in [0.3, 0.4) is 0 Å². The smallest absolute Gasteiger partial charge is 0.0988 e. The van der Waals surface area contributed by atoms with Crippen molar-refractivity contribution in [3.63, 3.8) is 0 Å². The van der Waals surface area contributed by atoms with E-state index in [0.717, 1.165) is 35.1 Å². The van der Waals surface area contributed by atoms with E-state index in [1.165, 1.54) is 117 Å². The second kappa shape index (κ2) is 14.6. The molecule has 0 saturated heterocycles. The molecule has 70 heavy (non-hydrogen) atoms. The monoisotopic (exact) mass is 927 g/mol. The molecule has 4 aliphatic carbocycles. The zero-order chi connectivity index (χ0) is 46.5. The van der Waals surface area contributed by atoms with Crippen molar-refractivity contribution in [1.82, 2.24) is 0 Å². The molecule has 2 heterocycles. The summed E-state index contributed by atoms with van der Waals surface area (Å²) in [5.41, 5.74) is 25.0. The summed E-state index contributed by atoms with van der Waals surface area (Å²) in [6.07, 6.45) is 6.80. The van der Waals surface area contributed by atoms with Gasteiger partial charge in [0, 0.05) is 45.7 Å². The van der Waals surface area contributed by atoms with Gasteiger partial charge in [-0.15, -0.1) is 22.7 Å². The number of allylic oxidation sites excluding steroid dienone is 1. The Morgan fingerprint density at radius 3 is 1.97 bits per heavy atom. The lowest BCUT2D eigenvalue weighted by Gasteiger charge is -2.32. The summed E-state index contributed by atoms with van der Waals surface area (Å²) in [4.78, 5) is 2.52. The van der Waals surface area contributed by atoms with Crippen molar-refractivity contribution >= 4 is 99.2 Å². The Balaban J connectivity index is 1.06. The Morgan fingerprint density at radius 2 is 1.17 bits per heavy atom. The third kappa shape index (κ3) is 5.55. The molecule has 15 rings (SSSR count). The molecule has 0 unspecified atom stereocenters. The van der Waals surface area contributed by atoms with Gasteiger partial charge in [0.2, 0.25) is 0 Å². The first-order chi connectivity index (χ1) is 34.3. The van der Waals surface area contributed by atoms with Crippen molar-refractivity contribution in [3.05, 3.63) is 246 Å². The molecule has 330 valence electrons. The molecule has 0 amide bonds. The van der Waals surface area contributed by atoms with E-state index < -0.39 is 5.41 Å². The van der Waals surface area contributed by atoms with Crippen LogP contribution in [0.2, 0.25) is 0 Å². The fourth-order valence-corrected chi connectivity index (χ4v) is 14.9. The first-order valence-corrected chi connectivity index (χ1v) is 26.2. The summed E-state index contributed by atoms with van der Waals surface area (Å²) in [5, 5.41) is 10.1. The molecule has 0 N–H and O–H groups in total. The van der Waals surface area contributed by atoms with Gasteiger partial charge in [0.15, 0.2) is 0 Å². The normalized spacial score (nSPS) is 14.7. The fourth-order valence-electron chi connectivity index (χ4n) is 12.6. The van der Waals surface area contributed by atoms with Gasteiger partial charge in [0.1, 0.15) is 0 Å². The van der Waals surface area contributed by atoms with Crippen molar-refractivity contribution < 1.29 is 0 Å². The summed E-state index contributed by atoms with van der Waals surface area (Å²) in [5.74, 6) is 0. The van der Waals surface area contributed by atoms with Crippen molar-refractivity contribution in [2.24, 2.45) is 0 Å². The van der Waals surface area contributed by atoms with Crippen molar-refractivity contribution in [2.45, 2.75) is 44.4 Å². The second-order valence-corrected chi connectivity index (χ2v) is 22.6. The Morgan fingerprint density at radius 1 is 0.514 bits per heavy atom. The third-order valence-electron chi connectivity index (χ3n) is 15.7. The molecule has 11 aromatic rings. The Kier molecular flexibility index (Phi) is 8.40. The van der Waals surface area contributed by atoms with E-state index in [-0.39, 0.29) is 5.41 Å². The minimum atomic E-state index is -0.466. The van der Waals surface area contributed by atoms with Gasteiger partial charge in [-0.1, -0.05) is 166 Å². The Hall–Kier alpha value is -7.74. The number of hydrogen-bond donors (Lipinski definition) is 0. The summed E-state index contributed by atoms with van der Waals surface area (Å²) in [6, 6.07) is 69.2. The molecule has 0 atom stereocenters. The van der Waals surface area contributed by atoms with Crippen LogP contribution in [0.15, 0.2) is 193 Å². The van der Waals surface area contributed by atoms with Gasteiger partial charge in [-0.05, 0) is 156 Å². The molecule has 4 aliphatic rings. The topological polar surface area (TPSA) is 3.24 Å². The quantitative estimate of drug-likeness (QED) is 0.159. The van der Waals surface area contributed by atoms with E-state index in [1.54, 1.807) is 0 Å². The van der Waals surface area contributed by atoms with Crippen LogP contribution in [0.5, 0.6) is 0 Å². The first kappa shape index (κ1) is 40.2. The summed E-state index contributed by atoms with van der Waals surface area (Å²) >= 11 is 3.78. The number of fused-ring (bicyclic) bond motifs is 18. The number of benzene rings is 9. The molecule has 1 nitrogen and oxygen atoms in total. The highest BCUT2D eigenvalue weighted by molar-refractivity contribution is 7.17. The zero-order valence-electron chi connectivity index (χ0n) is 39.2. The lowest BCUT2D eigenvalue weighted by Crippen LogP contribution is -2.28. The molecule has 3 heteroatoms. The molecule has 2 aromatic heterocycles. The number of hydrogen-bond acceptors (Lipinski definition) is 3. The molecule has 0 bridgehead atoms. The van der Waals surface area contributed by atoms with E-state index in [9.17, 15) is 0 Å². The largest absolute Gasteiger partial charge is 0.303 e. The Labute approximate surface area is 414 Å². The molecular weight excluding hydrogens is 883 g/mol. The van der Waals surface area contributed by atoms with Crippen molar-refractivity contribution in [2.75, 3.05) is 4.90 Å². The number of thiophene rings is 2. The molecular formula is C67H45NS2. The number of anilines is 2. The van der Waals surface area contributed by atoms with E-state index in [2.05, 4.69) is 231 Å². The molecule has 0 radical (unpaired) electrons. The van der Waals surface area contributed by atoms with Crippen LogP contribution in [-0.4, -0.2) is 0 Å². The van der Waals surface area contributed by atoms with Gasteiger partial charge in [-0.3, -0.25) is 0 Å². The summed E-state index contributed by atoms with van der Waals surface area (Å²) in [6.45, 7) is 6.89. The zero-order valence-corrected chi connectivity index (χ0v) is 40.8. The van der Waals surface area contributed by atoms with E-state index in [4.69, 9.17) is 0 Å². The van der Waals surface area contributed by atoms with Crippen LogP contribution in [0.1, 0.15) is 67.0 Å². The predicted molar refractivity (Wildman–Crippen MR) is 298 cm³/mol. The maximum atomic E-state index is 3.85. The maximum Gasteiger partial charge on any atom is 0.0988 e. The average Bonchev–Trinajstić information content (AvgIpc) is 4.12. The van der Waals surface area contributed by atoms with Crippen LogP contribution in [-0.2, 0) is 10.8 Å². The molecule has 1 spiro atoms. The standard InChI is InChI=1S/C67H45NS2/c1-66(2,3)43-28-34-61-54(37-43)49-31-29-45(39-63(49)70-61)68(59-33-27-40-15-6-7-18-46(40)64(59)51-22-14-26-62-65(51)50-21-10-13-25-60(50)69-62)44-30-32-57-53(38-44)52-35-41-16-4-5-17-42(41)36-58(52)67(57)55-23-11-8-19-47(55)48-20-9-12-24-56(48)67/h4-13,15-21,23-28,30,32-39H,14,22H2,1-3H3. The minimum absolute atomic E-state index is 0.0390. The minimum Gasteiger partial charge on any atom is -0.303 e. The lowest BCUT2D eigenvalue weighted by molar-refractivity contribution is 0.591. The lowest BCUT2D eigenvalue weighted by atomic mass is 9.70. The highest BCUT2D eigenvalue weighted by atomic mass is 32.1. The second-order valence-electron chi connectivity index (χ2n) is 20.5. The van der Waals surface area contributed by atoms with Crippen LogP contribution in [0, 0.1) is 0 Å². The van der Waals surface area contributed by atoms with Gasteiger partial charge in [-0.2, -0.15) is 0 Å². The van der Waals surface area contributed by atoms with E-state index in [0.29, 0.717) is 0 Å². The van der Waals surface area contributed by atoms with Crippen molar-refractivity contribution in [3.8, 4) is 22.3 Å². The summed E-state index contributed by atoms with van der Waals surface area (Å²) in [7, 11) is 0. The molecule has 9 aromatic carbocycles. The van der Waals surface area contributed by atoms with Crippen LogP contribution in [0.25, 0.3) is 87.4 Å². The predicted octanol–water partition coefficient (Wildman–Crippen LogP) is 14.9. The number of nitrogens with zero attached hydrogens (tertiary/aromatic N) is 1. The van der Waals surface area contributed by atoms with Gasteiger partial charge in [0.25, 0.3) is 0 Å². The average molecular weight is 928 g/mol. The maximum absolute atomic E-state index is 3.85. The van der Waals surface area contributed by atoms with Gasteiger partial charge >= 0.3 is 0 Å². The SMILES string of the molecule is CC(C)(C)c1ccc2sc3c(c2c1)=C=C=C(N(c1ccc2c(c1)-c1cc4ccccc4cc1C21c2ccccc2-c2ccccc21)c1ccc2ccccc2c1C1=c2c(sc4ccccc24)=CCC1)C=3.